The van der Waals surface area contributed by atoms with Crippen LogP contribution in [-0.4, -0.2) is 68.3 Å². The van der Waals surface area contributed by atoms with Crippen LogP contribution in [0.4, 0.5) is 20.5 Å². The lowest BCUT2D eigenvalue weighted by atomic mass is 10.0. The molecule has 0 aliphatic carbocycles. The monoisotopic (exact) mass is 534 g/mol. The molecule has 0 amide bonds. The van der Waals surface area contributed by atoms with Crippen LogP contribution in [-0.2, 0) is 17.7 Å². The van der Waals surface area contributed by atoms with Crippen LogP contribution >= 0.6 is 0 Å². The second-order valence-electron chi connectivity index (χ2n) is 10.4. The first-order chi connectivity index (χ1) is 18.9. The van der Waals surface area contributed by atoms with E-state index in [4.69, 9.17) is 9.72 Å². The number of nitrogens with one attached hydrogen (secondary N) is 2. The Labute approximate surface area is 225 Å². The van der Waals surface area contributed by atoms with Crippen molar-refractivity contribution in [2.45, 2.75) is 45.9 Å². The van der Waals surface area contributed by atoms with E-state index in [0.29, 0.717) is 22.7 Å². The van der Waals surface area contributed by atoms with Gasteiger partial charge in [0.15, 0.2) is 11.6 Å². The topological polar surface area (TPSA) is 93.0 Å². The molecule has 0 bridgehead atoms. The summed E-state index contributed by atoms with van der Waals surface area (Å²) in [5, 5.41) is 6.48. The minimum absolute atomic E-state index is 0.00971. The molecule has 3 aromatic heterocycles. The molecule has 2 N–H and O–H groups in total. The predicted molar refractivity (Wildman–Crippen MR) is 145 cm³/mol. The average Bonchev–Trinajstić information content (AvgIpc) is 3.27. The Hall–Kier alpha value is -3.54. The van der Waals surface area contributed by atoms with Crippen LogP contribution in [0.5, 0.6) is 0 Å². The molecule has 1 aromatic carbocycles. The van der Waals surface area contributed by atoms with Gasteiger partial charge in [0.05, 0.1) is 24.4 Å². The number of hydrogen-bond acceptors (Lipinski definition) is 8. The van der Waals surface area contributed by atoms with Crippen LogP contribution in [0.3, 0.4) is 0 Å². The van der Waals surface area contributed by atoms with E-state index in [9.17, 15) is 4.39 Å². The first kappa shape index (κ1) is 25.7. The Morgan fingerprint density at radius 1 is 1.15 bits per heavy atom. The molecule has 2 aliphatic rings. The highest BCUT2D eigenvalue weighted by atomic mass is 19.1. The zero-order chi connectivity index (χ0) is 27.1. The van der Waals surface area contributed by atoms with Gasteiger partial charge in [0.1, 0.15) is 22.9 Å². The largest absolute Gasteiger partial charge is 0.374 e. The Balaban J connectivity index is 1.22. The standard InChI is InChI=1S/C28H32F2N8O/c1-16(2)38-17(3)33-27-21(29)10-19(11-24(27)38)26-22(30)13-32-28(36-26)35-25-5-4-18-14-37(8-6-23(18)34-25)15-20-12-31-7-9-39-20/h4-5,10-11,13,16,20,31H,6-9,12,14-15H2,1-3H3,(H,32,34,35,36)/t20-/m0/s1. The van der Waals surface area contributed by atoms with Gasteiger partial charge in [-0.15, -0.1) is 0 Å². The highest BCUT2D eigenvalue weighted by Crippen LogP contribution is 2.30. The molecular formula is C28H32F2N8O. The molecule has 6 rings (SSSR count). The molecule has 4 aromatic rings. The maximum atomic E-state index is 15.0. The van der Waals surface area contributed by atoms with E-state index >= 15 is 4.39 Å². The van der Waals surface area contributed by atoms with Gasteiger partial charge in [0.25, 0.3) is 0 Å². The average molecular weight is 535 g/mol. The minimum Gasteiger partial charge on any atom is -0.374 e. The molecule has 1 fully saturated rings. The molecular weight excluding hydrogens is 502 g/mol. The van der Waals surface area contributed by atoms with Crippen molar-refractivity contribution in [1.82, 2.24) is 34.7 Å². The number of pyridine rings is 1. The van der Waals surface area contributed by atoms with Crippen LogP contribution in [0.15, 0.2) is 30.5 Å². The SMILES string of the molecule is Cc1nc2c(F)cc(-c3nc(Nc4ccc5c(n4)CCN(C[C@@H]4CNCCO4)C5)ncc3F)cc2n1C(C)C. The van der Waals surface area contributed by atoms with Gasteiger partial charge in [-0.2, -0.15) is 0 Å². The van der Waals surface area contributed by atoms with Gasteiger partial charge in [0, 0.05) is 56.4 Å². The molecule has 11 heteroatoms. The molecule has 0 unspecified atom stereocenters. The number of rotatable bonds is 6. The Morgan fingerprint density at radius 2 is 2.03 bits per heavy atom. The molecule has 2 aliphatic heterocycles. The summed E-state index contributed by atoms with van der Waals surface area (Å²) >= 11 is 0. The number of fused-ring (bicyclic) bond motifs is 2. The van der Waals surface area contributed by atoms with E-state index in [-0.39, 0.29) is 29.3 Å². The number of morpholine rings is 1. The summed E-state index contributed by atoms with van der Waals surface area (Å²) < 4.78 is 37.7. The van der Waals surface area contributed by atoms with Gasteiger partial charge >= 0.3 is 0 Å². The van der Waals surface area contributed by atoms with Crippen molar-refractivity contribution in [3.05, 3.63) is 59.2 Å². The second-order valence-corrected chi connectivity index (χ2v) is 10.4. The predicted octanol–water partition coefficient (Wildman–Crippen LogP) is 4.15. The zero-order valence-corrected chi connectivity index (χ0v) is 22.3. The maximum Gasteiger partial charge on any atom is 0.229 e. The van der Waals surface area contributed by atoms with Crippen LogP contribution < -0.4 is 10.6 Å². The Morgan fingerprint density at radius 3 is 2.82 bits per heavy atom. The van der Waals surface area contributed by atoms with E-state index in [1.165, 1.54) is 11.6 Å². The fourth-order valence-electron chi connectivity index (χ4n) is 5.53. The third-order valence-corrected chi connectivity index (χ3v) is 7.29. The molecule has 39 heavy (non-hydrogen) atoms. The van der Waals surface area contributed by atoms with Crippen LogP contribution in [0.2, 0.25) is 0 Å². The third-order valence-electron chi connectivity index (χ3n) is 7.29. The smallest absolute Gasteiger partial charge is 0.229 e. The summed E-state index contributed by atoms with van der Waals surface area (Å²) in [5.74, 6) is 0.306. The fraction of sp³-hybridized carbons (Fsp3) is 0.429. The Kier molecular flexibility index (Phi) is 6.96. The van der Waals surface area contributed by atoms with Crippen molar-refractivity contribution >= 4 is 22.8 Å². The number of halogens is 2. The summed E-state index contributed by atoms with van der Waals surface area (Å²) in [6, 6.07) is 7.00. The number of ether oxygens (including phenoxy) is 1. The lowest BCUT2D eigenvalue weighted by Gasteiger charge is -2.33. The summed E-state index contributed by atoms with van der Waals surface area (Å²) in [6.07, 6.45) is 2.13. The summed E-state index contributed by atoms with van der Waals surface area (Å²) in [5.41, 5.74) is 3.39. The summed E-state index contributed by atoms with van der Waals surface area (Å²) in [7, 11) is 0. The zero-order valence-electron chi connectivity index (χ0n) is 22.3. The molecule has 1 saturated heterocycles. The van der Waals surface area contributed by atoms with E-state index in [0.717, 1.165) is 57.6 Å². The summed E-state index contributed by atoms with van der Waals surface area (Å²) in [4.78, 5) is 20.0. The highest BCUT2D eigenvalue weighted by Gasteiger charge is 2.23. The van der Waals surface area contributed by atoms with E-state index in [2.05, 4.69) is 36.6 Å². The van der Waals surface area contributed by atoms with Crippen LogP contribution in [0.25, 0.3) is 22.3 Å². The molecule has 204 valence electrons. The van der Waals surface area contributed by atoms with Crippen molar-refractivity contribution in [2.24, 2.45) is 0 Å². The summed E-state index contributed by atoms with van der Waals surface area (Å²) in [6.45, 7) is 11.0. The lowest BCUT2D eigenvalue weighted by molar-refractivity contribution is 0.00289. The van der Waals surface area contributed by atoms with E-state index in [1.807, 2.05) is 31.4 Å². The number of hydrogen-bond donors (Lipinski definition) is 2. The van der Waals surface area contributed by atoms with Crippen LogP contribution in [0, 0.1) is 18.6 Å². The number of benzene rings is 1. The van der Waals surface area contributed by atoms with Gasteiger partial charge in [-0.1, -0.05) is 6.07 Å². The lowest BCUT2D eigenvalue weighted by Crippen LogP contribution is -2.46. The molecule has 5 heterocycles. The van der Waals surface area contributed by atoms with Crippen molar-refractivity contribution < 1.29 is 13.5 Å². The minimum atomic E-state index is -0.637. The molecule has 0 radical (unpaired) electrons. The van der Waals surface area contributed by atoms with Gasteiger partial charge < -0.3 is 19.9 Å². The fourth-order valence-corrected chi connectivity index (χ4v) is 5.53. The van der Waals surface area contributed by atoms with Gasteiger partial charge in [-0.3, -0.25) is 4.90 Å². The van der Waals surface area contributed by atoms with Gasteiger partial charge in [0.2, 0.25) is 5.95 Å². The van der Waals surface area contributed by atoms with Crippen LogP contribution in [0.1, 0.15) is 37.0 Å². The van der Waals surface area contributed by atoms with Gasteiger partial charge in [-0.25, -0.2) is 28.7 Å². The molecule has 9 nitrogen and oxygen atoms in total. The molecule has 1 atom stereocenters. The molecule has 0 saturated carbocycles. The quantitative estimate of drug-likeness (QED) is 0.381. The van der Waals surface area contributed by atoms with Crippen molar-refractivity contribution in [3.8, 4) is 11.3 Å². The number of anilines is 2. The van der Waals surface area contributed by atoms with Gasteiger partial charge in [-0.05, 0) is 44.5 Å². The second kappa shape index (κ2) is 10.6. The third kappa shape index (κ3) is 5.21. The normalized spacial score (nSPS) is 18.1. The highest BCUT2D eigenvalue weighted by molar-refractivity contribution is 5.83. The number of imidazole rings is 1. The Bertz CT molecular complexity index is 1520. The van der Waals surface area contributed by atoms with E-state index < -0.39 is 11.6 Å². The number of aromatic nitrogens is 5. The maximum absolute atomic E-state index is 15.0. The number of nitrogens with zero attached hydrogens (tertiary/aromatic N) is 6. The first-order valence-electron chi connectivity index (χ1n) is 13.4. The van der Waals surface area contributed by atoms with Crippen molar-refractivity contribution in [3.63, 3.8) is 0 Å². The first-order valence-corrected chi connectivity index (χ1v) is 13.4. The number of aryl methyl sites for hydroxylation is 1. The van der Waals surface area contributed by atoms with Crippen molar-refractivity contribution in [1.29, 1.82) is 0 Å². The van der Waals surface area contributed by atoms with Crippen molar-refractivity contribution in [2.75, 3.05) is 38.1 Å². The van der Waals surface area contributed by atoms with E-state index in [1.54, 1.807) is 6.07 Å². The molecule has 0 spiro atoms.